The van der Waals surface area contributed by atoms with Crippen molar-refractivity contribution in [1.82, 2.24) is 0 Å². The Morgan fingerprint density at radius 1 is 0.562 bits per heavy atom. The molecule has 0 rings (SSSR count). The molecule has 16 heavy (non-hydrogen) atoms. The molecule has 12 heteroatoms. The molecule has 0 saturated heterocycles. The van der Waals surface area contributed by atoms with Crippen LogP contribution in [0.5, 0.6) is 0 Å². The van der Waals surface area contributed by atoms with Gasteiger partial charge in [0.25, 0.3) is 0 Å². The number of carboxylic acids is 4. The van der Waals surface area contributed by atoms with Crippen molar-refractivity contribution in [3.8, 4) is 0 Å². The number of rotatable bonds is 0. The first-order chi connectivity index (χ1) is 5.29. The van der Waals surface area contributed by atoms with Gasteiger partial charge in [-0.1, -0.05) is 0 Å². The molecule has 0 aromatic rings. The van der Waals surface area contributed by atoms with Gasteiger partial charge < -0.3 is 45.1 Å². The van der Waals surface area contributed by atoms with Gasteiger partial charge in [0.2, 0.25) is 0 Å². The van der Waals surface area contributed by atoms with Crippen LogP contribution in [0.15, 0.2) is 0 Å². The molecule has 0 unspecified atom stereocenters. The number of carbonyl (C=O) groups excluding carboxylic acids is 4. The number of aliphatic carboxylic acids is 4. The van der Waals surface area contributed by atoms with Crippen LogP contribution in [-0.4, -0.2) is 29.4 Å². The minimum absolute atomic E-state index is 0. The van der Waals surface area contributed by atoms with Crippen LogP contribution < -0.4 is 123 Å². The summed E-state index contributed by atoms with van der Waals surface area (Å²) in [5, 5.41) is 35.7. The molecular weight excluding hydrogens is 318 g/mol. The van der Waals surface area contributed by atoms with Crippen LogP contribution in [-0.2, 0) is 40.9 Å². The Balaban J connectivity index is -0.0000000250. The molecule has 0 fully saturated rings. The number of carboxylic acid groups (broad SMARTS) is 4. The van der Waals surface area contributed by atoms with Crippen LogP contribution >= 0.6 is 0 Å². The summed E-state index contributed by atoms with van der Waals surface area (Å²) in [6.45, 7) is 0. The van der Waals surface area contributed by atoms with Gasteiger partial charge in [-0.3, -0.25) is 0 Å². The van der Waals surface area contributed by atoms with Crippen molar-refractivity contribution in [2.75, 3.05) is 0 Å². The van der Waals surface area contributed by atoms with E-state index >= 15 is 0 Å². The maximum atomic E-state index is 8.93. The van der Waals surface area contributed by atoms with Crippen molar-refractivity contribution in [2.24, 2.45) is 0 Å². The maximum Gasteiger partial charge on any atom is 2.00 e. The van der Waals surface area contributed by atoms with Gasteiger partial charge in [-0.05, 0) is 0 Å². The van der Waals surface area contributed by atoms with Crippen LogP contribution in [0, 0.1) is 0 Å². The van der Waals surface area contributed by atoms with E-state index in [9.17, 15) is 0 Å². The van der Waals surface area contributed by atoms with Crippen molar-refractivity contribution in [2.45, 2.75) is 0 Å². The van der Waals surface area contributed by atoms with E-state index in [-0.39, 0.29) is 130 Å². The van der Waals surface area contributed by atoms with Gasteiger partial charge in [-0.2, -0.15) is 0 Å². The third-order valence-corrected chi connectivity index (χ3v) is 0.333. The second kappa shape index (κ2) is 22.0. The Labute approximate surface area is 189 Å². The summed E-state index contributed by atoms with van der Waals surface area (Å²) in [6.07, 6.45) is 0. The fourth-order valence-electron chi connectivity index (χ4n) is 0. The molecule has 0 amide bonds. The van der Waals surface area contributed by atoms with Crippen LogP contribution in [0.25, 0.3) is 0 Å². The van der Waals surface area contributed by atoms with Crippen molar-refractivity contribution in [1.29, 1.82) is 0 Å². The van der Waals surface area contributed by atoms with E-state index in [2.05, 4.69) is 0 Å². The summed E-state index contributed by atoms with van der Waals surface area (Å²) in [4.78, 5) is 35.7. The van der Waals surface area contributed by atoms with Crippen molar-refractivity contribution in [3.05, 3.63) is 0 Å². The second-order valence-electron chi connectivity index (χ2n) is 1.15. The maximum absolute atomic E-state index is 8.93. The first-order valence-electron chi connectivity index (χ1n) is 2.13. The topological polar surface area (TPSA) is 192 Å². The van der Waals surface area contributed by atoms with E-state index in [0.29, 0.717) is 0 Å². The number of hydrogen-bond acceptors (Lipinski definition) is 8. The normalized spacial score (nSPS) is 5.50. The Kier molecular flexibility index (Phi) is 49.7. The minimum Gasteiger partial charge on any atom is -0.543 e. The zero-order valence-corrected chi connectivity index (χ0v) is 16.1. The third kappa shape index (κ3) is 36.0. The number of carbonyl (C=O) groups is 4. The molecule has 0 bridgehead atoms. The predicted molar refractivity (Wildman–Crippen MR) is 23.6 cm³/mol. The van der Waals surface area contributed by atoms with E-state index in [1.165, 1.54) is 0 Å². The largest absolute Gasteiger partial charge is 2.00 e. The van der Waals surface area contributed by atoms with E-state index in [1.807, 2.05) is 0 Å². The Hall–Kier alpha value is 1.83. The molecular formula is C4H2K2O9Ti. The molecule has 0 atom stereocenters. The standard InChI is InChI=1S/2C2H2O4.2K.H2O.Ti/c2*3-1(4)2(5)6;;;;/h2*(H,3,4)(H,5,6);;;1H2;/q;;2*+1;;+2/p-4. The molecule has 0 saturated carbocycles. The third-order valence-electron chi connectivity index (χ3n) is 0.333. The molecule has 0 aliphatic rings. The summed E-state index contributed by atoms with van der Waals surface area (Å²) in [7, 11) is 0. The molecule has 9 nitrogen and oxygen atoms in total. The monoisotopic (exact) mass is 320 g/mol. The Morgan fingerprint density at radius 3 is 0.625 bits per heavy atom. The summed E-state index contributed by atoms with van der Waals surface area (Å²) in [5.74, 6) is -8.74. The fraction of sp³-hybridized carbons (Fsp3) is 0. The summed E-state index contributed by atoms with van der Waals surface area (Å²) < 4.78 is 0. The van der Waals surface area contributed by atoms with Crippen molar-refractivity contribution < 1.29 is 170 Å². The van der Waals surface area contributed by atoms with Gasteiger partial charge in [0, 0.05) is 0 Å². The van der Waals surface area contributed by atoms with Gasteiger partial charge in [0.15, 0.2) is 0 Å². The van der Waals surface area contributed by atoms with Crippen LogP contribution in [0.4, 0.5) is 0 Å². The van der Waals surface area contributed by atoms with E-state index in [1.54, 1.807) is 0 Å². The fourth-order valence-corrected chi connectivity index (χ4v) is 0. The van der Waals surface area contributed by atoms with Gasteiger partial charge in [0.05, 0.1) is 23.9 Å². The first-order valence-corrected chi connectivity index (χ1v) is 2.13. The van der Waals surface area contributed by atoms with Crippen LogP contribution in [0.2, 0.25) is 0 Å². The number of hydrogen-bond donors (Lipinski definition) is 0. The van der Waals surface area contributed by atoms with E-state index in [4.69, 9.17) is 39.6 Å². The summed E-state index contributed by atoms with van der Waals surface area (Å²) >= 11 is 0. The molecule has 0 heterocycles. The SMILES string of the molecule is O.O=C([O-])C(=O)[O-].O=C([O-])C(=O)[O-].[K+].[K+].[Ti+2]. The summed E-state index contributed by atoms with van der Waals surface area (Å²) in [5.41, 5.74) is 0. The molecule has 0 aliphatic carbocycles. The molecule has 0 radical (unpaired) electrons. The second-order valence-corrected chi connectivity index (χ2v) is 1.15. The van der Waals surface area contributed by atoms with Crippen LogP contribution in [0.1, 0.15) is 0 Å². The quantitative estimate of drug-likeness (QED) is 0.310. The molecule has 0 aliphatic heterocycles. The smallest absolute Gasteiger partial charge is 0.543 e. The van der Waals surface area contributed by atoms with Gasteiger partial charge in [-0.25, -0.2) is 0 Å². The Morgan fingerprint density at radius 2 is 0.625 bits per heavy atom. The molecule has 0 aromatic heterocycles. The van der Waals surface area contributed by atoms with Crippen molar-refractivity contribution in [3.63, 3.8) is 0 Å². The van der Waals surface area contributed by atoms with Crippen LogP contribution in [0.3, 0.4) is 0 Å². The molecule has 0 spiro atoms. The molecule has 0 aromatic carbocycles. The average molecular weight is 320 g/mol. The Bertz CT molecular complexity index is 182. The van der Waals surface area contributed by atoms with Gasteiger partial charge >= 0.3 is 124 Å². The molecule has 2 N–H and O–H groups in total. The first kappa shape index (κ1) is 36.1. The van der Waals surface area contributed by atoms with Gasteiger partial charge in [-0.15, -0.1) is 0 Å². The average Bonchev–Trinajstić information content (AvgIpc) is 1.88. The predicted octanol–water partition coefficient (Wildman–Crippen LogP) is -13.8. The van der Waals surface area contributed by atoms with E-state index in [0.717, 1.165) is 0 Å². The molecule has 78 valence electrons. The minimum atomic E-state index is -2.19. The zero-order valence-electron chi connectivity index (χ0n) is 8.27. The summed E-state index contributed by atoms with van der Waals surface area (Å²) in [6, 6.07) is 0. The zero-order chi connectivity index (χ0) is 10.3. The van der Waals surface area contributed by atoms with Gasteiger partial charge in [0.1, 0.15) is 0 Å². The van der Waals surface area contributed by atoms with E-state index < -0.39 is 23.9 Å². The van der Waals surface area contributed by atoms with Crippen molar-refractivity contribution >= 4 is 23.9 Å².